The molecule has 0 aliphatic carbocycles. The lowest BCUT2D eigenvalue weighted by molar-refractivity contribution is 0.409. The fourth-order valence-corrected chi connectivity index (χ4v) is 2.55. The van der Waals surface area contributed by atoms with Gasteiger partial charge in [0.1, 0.15) is 23.0 Å². The summed E-state index contributed by atoms with van der Waals surface area (Å²) in [6.07, 6.45) is 0. The maximum atomic E-state index is 10.0. The standard InChI is InChI=1S/C14H22O2.C6H6O2/c1-13(2,3)11-9(15)7-8-10(16)12(11)14(4,5)6;7-5-1-2-6(8)4-3-5/h7-8,15-16H,1-6H3;1-4,7-8H. The number of phenols is 4. The van der Waals surface area contributed by atoms with Crippen molar-refractivity contribution in [2.75, 3.05) is 0 Å². The summed E-state index contributed by atoms with van der Waals surface area (Å²) in [5.74, 6) is 0.857. The Kier molecular flexibility index (Phi) is 5.77. The number of rotatable bonds is 0. The third-order valence-corrected chi connectivity index (χ3v) is 3.51. The van der Waals surface area contributed by atoms with Crippen molar-refractivity contribution in [3.05, 3.63) is 47.5 Å². The highest BCUT2D eigenvalue weighted by Gasteiger charge is 2.30. The van der Waals surface area contributed by atoms with Gasteiger partial charge in [-0.15, -0.1) is 0 Å². The summed E-state index contributed by atoms with van der Waals surface area (Å²) < 4.78 is 0. The van der Waals surface area contributed by atoms with E-state index >= 15 is 0 Å². The molecule has 0 bridgehead atoms. The van der Waals surface area contributed by atoms with Crippen LogP contribution in [0.25, 0.3) is 0 Å². The van der Waals surface area contributed by atoms with Crippen LogP contribution in [0.5, 0.6) is 23.0 Å². The zero-order chi connectivity index (χ0) is 18.7. The molecule has 132 valence electrons. The molecule has 0 aliphatic heterocycles. The molecule has 2 aromatic rings. The highest BCUT2D eigenvalue weighted by molar-refractivity contribution is 5.53. The van der Waals surface area contributed by atoms with E-state index in [1.54, 1.807) is 12.1 Å². The second kappa shape index (κ2) is 7.04. The summed E-state index contributed by atoms with van der Waals surface area (Å²) in [6, 6.07) is 8.83. The summed E-state index contributed by atoms with van der Waals surface area (Å²) >= 11 is 0. The Labute approximate surface area is 144 Å². The van der Waals surface area contributed by atoms with Crippen LogP contribution in [0.4, 0.5) is 0 Å². The van der Waals surface area contributed by atoms with Gasteiger partial charge in [-0.3, -0.25) is 0 Å². The minimum atomic E-state index is -0.189. The molecule has 4 nitrogen and oxygen atoms in total. The zero-order valence-electron chi connectivity index (χ0n) is 15.3. The van der Waals surface area contributed by atoms with Gasteiger partial charge >= 0.3 is 0 Å². The van der Waals surface area contributed by atoms with Gasteiger partial charge in [-0.05, 0) is 47.2 Å². The van der Waals surface area contributed by atoms with Crippen molar-refractivity contribution in [3.63, 3.8) is 0 Å². The molecule has 0 aromatic heterocycles. The first-order valence-electron chi connectivity index (χ1n) is 7.88. The van der Waals surface area contributed by atoms with Gasteiger partial charge in [0.15, 0.2) is 0 Å². The molecule has 2 aromatic carbocycles. The van der Waals surface area contributed by atoms with Gasteiger partial charge in [-0.2, -0.15) is 0 Å². The molecule has 2 rings (SSSR count). The van der Waals surface area contributed by atoms with Gasteiger partial charge < -0.3 is 20.4 Å². The molecule has 0 saturated carbocycles. The lowest BCUT2D eigenvalue weighted by atomic mass is 9.74. The normalized spacial score (nSPS) is 11.6. The molecule has 0 heterocycles. The molecule has 4 N–H and O–H groups in total. The molecule has 0 saturated heterocycles. The van der Waals surface area contributed by atoms with Gasteiger partial charge in [0, 0.05) is 11.1 Å². The van der Waals surface area contributed by atoms with Crippen molar-refractivity contribution in [1.82, 2.24) is 0 Å². The quantitative estimate of drug-likeness (QED) is 0.523. The Hall–Kier alpha value is -2.36. The molecule has 0 amide bonds. The van der Waals surface area contributed by atoms with E-state index in [2.05, 4.69) is 0 Å². The van der Waals surface area contributed by atoms with E-state index in [0.29, 0.717) is 0 Å². The monoisotopic (exact) mass is 332 g/mol. The second-order valence-corrected chi connectivity index (χ2v) is 7.87. The van der Waals surface area contributed by atoms with Crippen molar-refractivity contribution in [1.29, 1.82) is 0 Å². The van der Waals surface area contributed by atoms with Crippen LogP contribution in [0, 0.1) is 0 Å². The number of phenolic OH excluding ortho intramolecular Hbond substituents is 4. The Morgan fingerprint density at radius 1 is 0.500 bits per heavy atom. The Bertz CT molecular complexity index is 615. The van der Waals surface area contributed by atoms with E-state index < -0.39 is 0 Å². The van der Waals surface area contributed by atoms with E-state index in [1.807, 2.05) is 41.5 Å². The SMILES string of the molecule is CC(C)(C)c1c(O)ccc(O)c1C(C)(C)C.Oc1ccc(O)cc1. The van der Waals surface area contributed by atoms with Crippen LogP contribution in [0.2, 0.25) is 0 Å². The molecule has 0 radical (unpaired) electrons. The predicted octanol–water partition coefficient (Wildman–Crippen LogP) is 4.79. The zero-order valence-corrected chi connectivity index (χ0v) is 15.3. The molecule has 0 aliphatic rings. The summed E-state index contributed by atoms with van der Waals surface area (Å²) in [4.78, 5) is 0. The number of hydrogen-bond acceptors (Lipinski definition) is 4. The summed E-state index contributed by atoms with van der Waals surface area (Å²) in [5.41, 5.74) is 1.29. The molecule has 0 spiro atoms. The average molecular weight is 332 g/mol. The van der Waals surface area contributed by atoms with Gasteiger partial charge in [-0.25, -0.2) is 0 Å². The van der Waals surface area contributed by atoms with E-state index in [1.165, 1.54) is 24.3 Å². The number of hydrogen-bond donors (Lipinski definition) is 4. The van der Waals surface area contributed by atoms with Crippen molar-refractivity contribution < 1.29 is 20.4 Å². The fraction of sp³-hybridized carbons (Fsp3) is 0.400. The largest absolute Gasteiger partial charge is 0.508 e. The van der Waals surface area contributed by atoms with Crippen LogP contribution in [0.1, 0.15) is 52.7 Å². The van der Waals surface area contributed by atoms with Crippen molar-refractivity contribution in [2.24, 2.45) is 0 Å². The molecule has 0 fully saturated rings. The maximum absolute atomic E-state index is 10.0. The topological polar surface area (TPSA) is 80.9 Å². The Morgan fingerprint density at radius 3 is 0.958 bits per heavy atom. The molecular weight excluding hydrogens is 304 g/mol. The van der Waals surface area contributed by atoms with Gasteiger partial charge in [0.25, 0.3) is 0 Å². The van der Waals surface area contributed by atoms with E-state index in [9.17, 15) is 10.2 Å². The first kappa shape index (κ1) is 19.7. The molecule has 4 heteroatoms. The molecule has 0 unspecified atom stereocenters. The minimum absolute atomic E-state index is 0.169. The third kappa shape index (κ3) is 5.08. The summed E-state index contributed by atoms with van der Waals surface area (Å²) in [5, 5.41) is 37.3. The summed E-state index contributed by atoms with van der Waals surface area (Å²) in [7, 11) is 0. The van der Waals surface area contributed by atoms with E-state index in [0.717, 1.165) is 11.1 Å². The van der Waals surface area contributed by atoms with Gasteiger partial charge in [-0.1, -0.05) is 41.5 Å². The van der Waals surface area contributed by atoms with Crippen molar-refractivity contribution in [2.45, 2.75) is 52.4 Å². The number of benzene rings is 2. The van der Waals surface area contributed by atoms with Crippen molar-refractivity contribution >= 4 is 0 Å². The van der Waals surface area contributed by atoms with Crippen LogP contribution in [-0.2, 0) is 10.8 Å². The maximum Gasteiger partial charge on any atom is 0.119 e. The van der Waals surface area contributed by atoms with Crippen LogP contribution in [0.15, 0.2) is 36.4 Å². The van der Waals surface area contributed by atoms with Crippen LogP contribution < -0.4 is 0 Å². The van der Waals surface area contributed by atoms with Crippen LogP contribution >= 0.6 is 0 Å². The van der Waals surface area contributed by atoms with E-state index in [-0.39, 0.29) is 33.8 Å². The highest BCUT2D eigenvalue weighted by Crippen LogP contribution is 2.43. The number of aromatic hydroxyl groups is 4. The van der Waals surface area contributed by atoms with Crippen molar-refractivity contribution in [3.8, 4) is 23.0 Å². The van der Waals surface area contributed by atoms with Gasteiger partial charge in [0.05, 0.1) is 0 Å². The lowest BCUT2D eigenvalue weighted by Crippen LogP contribution is -2.22. The first-order valence-corrected chi connectivity index (χ1v) is 7.88. The van der Waals surface area contributed by atoms with Gasteiger partial charge in [0.2, 0.25) is 0 Å². The minimum Gasteiger partial charge on any atom is -0.508 e. The molecule has 0 atom stereocenters. The lowest BCUT2D eigenvalue weighted by Gasteiger charge is -2.31. The average Bonchev–Trinajstić information content (AvgIpc) is 2.42. The molecular formula is C20H28O4. The smallest absolute Gasteiger partial charge is 0.119 e. The van der Waals surface area contributed by atoms with Crippen LogP contribution in [-0.4, -0.2) is 20.4 Å². The Balaban J connectivity index is 0.000000300. The predicted molar refractivity (Wildman–Crippen MR) is 96.9 cm³/mol. The van der Waals surface area contributed by atoms with E-state index in [4.69, 9.17) is 10.2 Å². The summed E-state index contributed by atoms with van der Waals surface area (Å²) in [6.45, 7) is 12.2. The first-order chi connectivity index (χ1) is 10.8. The molecule has 24 heavy (non-hydrogen) atoms. The highest BCUT2D eigenvalue weighted by atomic mass is 16.3. The second-order valence-electron chi connectivity index (χ2n) is 7.87. The Morgan fingerprint density at radius 2 is 0.750 bits per heavy atom. The third-order valence-electron chi connectivity index (χ3n) is 3.51. The fourth-order valence-electron chi connectivity index (χ4n) is 2.55. The van der Waals surface area contributed by atoms with Crippen LogP contribution in [0.3, 0.4) is 0 Å².